The van der Waals surface area contributed by atoms with Gasteiger partial charge in [-0.3, -0.25) is 14.5 Å². The van der Waals surface area contributed by atoms with E-state index in [1.807, 2.05) is 38.1 Å². The molecule has 172 valence electrons. The van der Waals surface area contributed by atoms with Crippen molar-refractivity contribution >= 4 is 11.9 Å². The Morgan fingerprint density at radius 1 is 1.23 bits per heavy atom. The first kappa shape index (κ1) is 23.5. The third-order valence-corrected chi connectivity index (χ3v) is 6.34. The van der Waals surface area contributed by atoms with E-state index in [1.165, 1.54) is 7.11 Å². The van der Waals surface area contributed by atoms with Crippen LogP contribution in [0.2, 0.25) is 0 Å². The third-order valence-electron chi connectivity index (χ3n) is 6.34. The minimum Gasteiger partial charge on any atom is -0.491 e. The average molecular weight is 434 g/mol. The van der Waals surface area contributed by atoms with Crippen molar-refractivity contribution in [2.45, 2.75) is 44.9 Å². The lowest BCUT2D eigenvalue weighted by Gasteiger charge is -2.41. The van der Waals surface area contributed by atoms with Crippen LogP contribution in [-0.4, -0.2) is 84.9 Å². The number of rotatable bonds is 8. The molecular weight excluding hydrogens is 398 g/mol. The number of esters is 1. The minimum atomic E-state index is -0.595. The standard InChI is InChI=1S/C23H35N3O5/c1-23(2)22(29)24-10-13-26(23)14-17-4-6-20(7-5-17)31-16-19(27)15-25-11-8-18(9-12-25)21(28)30-3/h4-7,18-19,27H,8-16H2,1-3H3,(H,24,29). The molecule has 31 heavy (non-hydrogen) atoms. The number of methoxy groups -OCH3 is 1. The van der Waals surface area contributed by atoms with Crippen molar-refractivity contribution in [1.82, 2.24) is 15.1 Å². The van der Waals surface area contributed by atoms with Crippen LogP contribution in [0.3, 0.4) is 0 Å². The molecular formula is C23H35N3O5. The predicted octanol–water partition coefficient (Wildman–Crippen LogP) is 1.02. The van der Waals surface area contributed by atoms with Crippen molar-refractivity contribution in [2.75, 3.05) is 46.4 Å². The lowest BCUT2D eigenvalue weighted by molar-refractivity contribution is -0.147. The molecule has 2 heterocycles. The van der Waals surface area contributed by atoms with Crippen LogP contribution in [0.15, 0.2) is 24.3 Å². The van der Waals surface area contributed by atoms with Gasteiger partial charge in [0, 0.05) is 26.2 Å². The maximum atomic E-state index is 12.1. The van der Waals surface area contributed by atoms with Gasteiger partial charge in [0.05, 0.1) is 18.6 Å². The number of carbonyl (C=O) groups excluding carboxylic acids is 2. The Morgan fingerprint density at radius 3 is 2.55 bits per heavy atom. The molecule has 1 aromatic rings. The molecule has 0 aromatic heterocycles. The number of amides is 1. The second-order valence-corrected chi connectivity index (χ2v) is 8.94. The second-order valence-electron chi connectivity index (χ2n) is 8.94. The number of piperidine rings is 1. The number of nitrogens with one attached hydrogen (secondary N) is 1. The minimum absolute atomic E-state index is 0.0296. The summed E-state index contributed by atoms with van der Waals surface area (Å²) < 4.78 is 10.6. The van der Waals surface area contributed by atoms with Crippen LogP contribution in [0.4, 0.5) is 0 Å². The molecule has 8 nitrogen and oxygen atoms in total. The monoisotopic (exact) mass is 433 g/mol. The van der Waals surface area contributed by atoms with Gasteiger partial charge < -0.3 is 24.8 Å². The summed E-state index contributed by atoms with van der Waals surface area (Å²) in [5, 5.41) is 13.2. The normalized spacial score (nSPS) is 21.4. The van der Waals surface area contributed by atoms with E-state index in [0.717, 1.165) is 38.0 Å². The van der Waals surface area contributed by atoms with Crippen molar-refractivity contribution in [3.05, 3.63) is 29.8 Å². The molecule has 0 spiro atoms. The van der Waals surface area contributed by atoms with Gasteiger partial charge in [0.25, 0.3) is 0 Å². The SMILES string of the molecule is COC(=O)C1CCN(CC(O)COc2ccc(CN3CCNC(=O)C3(C)C)cc2)CC1. The summed E-state index contributed by atoms with van der Waals surface area (Å²) in [6.07, 6.45) is 0.927. The van der Waals surface area contributed by atoms with Crippen LogP contribution in [-0.2, 0) is 20.9 Å². The summed E-state index contributed by atoms with van der Waals surface area (Å²) in [6, 6.07) is 7.81. The quantitative estimate of drug-likeness (QED) is 0.592. The number of likely N-dealkylation sites (tertiary alicyclic amines) is 1. The van der Waals surface area contributed by atoms with E-state index in [9.17, 15) is 14.7 Å². The van der Waals surface area contributed by atoms with E-state index < -0.39 is 11.6 Å². The Morgan fingerprint density at radius 2 is 1.90 bits per heavy atom. The van der Waals surface area contributed by atoms with Crippen LogP contribution in [0.25, 0.3) is 0 Å². The molecule has 2 aliphatic heterocycles. The third kappa shape index (κ3) is 6.18. The van der Waals surface area contributed by atoms with E-state index in [0.29, 0.717) is 25.4 Å². The van der Waals surface area contributed by atoms with Gasteiger partial charge in [-0.15, -0.1) is 0 Å². The molecule has 2 aliphatic rings. The maximum Gasteiger partial charge on any atom is 0.308 e. The van der Waals surface area contributed by atoms with E-state index in [1.54, 1.807) is 0 Å². The second kappa shape index (κ2) is 10.4. The van der Waals surface area contributed by atoms with Crippen LogP contribution in [0.1, 0.15) is 32.3 Å². The Bertz CT molecular complexity index is 744. The summed E-state index contributed by atoms with van der Waals surface area (Å²) in [5.74, 6) is 0.599. The number of aliphatic hydroxyl groups excluding tert-OH is 1. The van der Waals surface area contributed by atoms with Gasteiger partial charge in [0.15, 0.2) is 0 Å². The highest BCUT2D eigenvalue weighted by Crippen LogP contribution is 2.22. The lowest BCUT2D eigenvalue weighted by atomic mass is 9.97. The molecule has 0 saturated carbocycles. The molecule has 1 amide bonds. The zero-order valence-electron chi connectivity index (χ0n) is 18.8. The number of benzene rings is 1. The highest BCUT2D eigenvalue weighted by Gasteiger charge is 2.37. The summed E-state index contributed by atoms with van der Waals surface area (Å²) in [5.41, 5.74) is 0.590. The number of ether oxygens (including phenoxy) is 2. The topological polar surface area (TPSA) is 91.3 Å². The van der Waals surface area contributed by atoms with E-state index in [-0.39, 0.29) is 24.4 Å². The summed E-state index contributed by atoms with van der Waals surface area (Å²) in [4.78, 5) is 28.0. The maximum absolute atomic E-state index is 12.1. The molecule has 2 N–H and O–H groups in total. The molecule has 0 aliphatic carbocycles. The fraction of sp³-hybridized carbons (Fsp3) is 0.652. The molecule has 1 aromatic carbocycles. The molecule has 0 radical (unpaired) electrons. The van der Waals surface area contributed by atoms with E-state index in [2.05, 4.69) is 15.1 Å². The molecule has 1 unspecified atom stereocenters. The zero-order valence-corrected chi connectivity index (χ0v) is 18.8. The fourth-order valence-corrected chi connectivity index (χ4v) is 4.19. The Hall–Kier alpha value is -2.16. The number of β-amino-alcohol motifs (C(OH)–C–C–N with tert-alkyl or cyclic N) is 1. The Balaban J connectivity index is 1.41. The van der Waals surface area contributed by atoms with Crippen molar-refractivity contribution in [2.24, 2.45) is 5.92 Å². The van der Waals surface area contributed by atoms with Crippen molar-refractivity contribution < 1.29 is 24.2 Å². The van der Waals surface area contributed by atoms with Crippen LogP contribution >= 0.6 is 0 Å². The van der Waals surface area contributed by atoms with Crippen LogP contribution < -0.4 is 10.1 Å². The van der Waals surface area contributed by atoms with Gasteiger partial charge in [-0.2, -0.15) is 0 Å². The van der Waals surface area contributed by atoms with Gasteiger partial charge in [-0.1, -0.05) is 12.1 Å². The average Bonchev–Trinajstić information content (AvgIpc) is 2.76. The Labute approximate surface area is 184 Å². The van der Waals surface area contributed by atoms with Crippen molar-refractivity contribution in [3.63, 3.8) is 0 Å². The summed E-state index contributed by atoms with van der Waals surface area (Å²) in [7, 11) is 1.43. The van der Waals surface area contributed by atoms with Crippen molar-refractivity contribution in [1.29, 1.82) is 0 Å². The molecule has 2 saturated heterocycles. The van der Waals surface area contributed by atoms with Gasteiger partial charge in [-0.05, 0) is 57.5 Å². The summed E-state index contributed by atoms with van der Waals surface area (Å²) >= 11 is 0. The first-order valence-electron chi connectivity index (χ1n) is 11.0. The van der Waals surface area contributed by atoms with Crippen LogP contribution in [0.5, 0.6) is 5.75 Å². The van der Waals surface area contributed by atoms with Crippen LogP contribution in [0, 0.1) is 5.92 Å². The molecule has 1 atom stereocenters. The van der Waals surface area contributed by atoms with Gasteiger partial charge in [-0.25, -0.2) is 0 Å². The number of nitrogens with zero attached hydrogens (tertiary/aromatic N) is 2. The zero-order chi connectivity index (χ0) is 22.4. The first-order valence-corrected chi connectivity index (χ1v) is 11.0. The van der Waals surface area contributed by atoms with E-state index in [4.69, 9.17) is 9.47 Å². The number of hydrogen-bond acceptors (Lipinski definition) is 7. The fourth-order valence-electron chi connectivity index (χ4n) is 4.19. The largest absolute Gasteiger partial charge is 0.491 e. The van der Waals surface area contributed by atoms with Gasteiger partial charge >= 0.3 is 5.97 Å². The Kier molecular flexibility index (Phi) is 7.91. The number of piperazine rings is 1. The highest BCUT2D eigenvalue weighted by molar-refractivity contribution is 5.86. The summed E-state index contributed by atoms with van der Waals surface area (Å²) in [6.45, 7) is 8.36. The van der Waals surface area contributed by atoms with Crippen molar-refractivity contribution in [3.8, 4) is 5.75 Å². The molecule has 3 rings (SSSR count). The number of aliphatic hydroxyl groups is 1. The number of hydrogen-bond donors (Lipinski definition) is 2. The number of carbonyl (C=O) groups is 2. The molecule has 8 heteroatoms. The highest BCUT2D eigenvalue weighted by atomic mass is 16.5. The lowest BCUT2D eigenvalue weighted by Crippen LogP contribution is -2.61. The van der Waals surface area contributed by atoms with E-state index >= 15 is 0 Å². The first-order chi connectivity index (χ1) is 14.8. The smallest absolute Gasteiger partial charge is 0.308 e. The molecule has 0 bridgehead atoms. The van der Waals surface area contributed by atoms with Gasteiger partial charge in [0.2, 0.25) is 5.91 Å². The molecule has 2 fully saturated rings. The van der Waals surface area contributed by atoms with Gasteiger partial charge in [0.1, 0.15) is 18.5 Å². The predicted molar refractivity (Wildman–Crippen MR) is 117 cm³/mol.